The van der Waals surface area contributed by atoms with Crippen molar-refractivity contribution >= 4 is 11.9 Å². The molecule has 0 radical (unpaired) electrons. The molecule has 0 fully saturated rings. The van der Waals surface area contributed by atoms with Crippen LogP contribution in [0.25, 0.3) is 0 Å². The van der Waals surface area contributed by atoms with Gasteiger partial charge in [0, 0.05) is 19.2 Å². The van der Waals surface area contributed by atoms with Crippen LogP contribution in [-0.2, 0) is 6.54 Å². The van der Waals surface area contributed by atoms with E-state index in [1.807, 2.05) is 24.9 Å². The lowest BCUT2D eigenvalue weighted by Crippen LogP contribution is -2.21. The number of nitrogens with one attached hydrogen (secondary N) is 1. The highest BCUT2D eigenvalue weighted by molar-refractivity contribution is 5.37. The van der Waals surface area contributed by atoms with Crippen molar-refractivity contribution in [2.24, 2.45) is 5.84 Å². The van der Waals surface area contributed by atoms with E-state index < -0.39 is 0 Å². The topological polar surface area (TPSA) is 102 Å². The Balaban J connectivity index is 2.19. The second kappa shape index (κ2) is 6.01. The smallest absolute Gasteiger partial charge is 0.323 e. The predicted molar refractivity (Wildman–Crippen MR) is 69.6 cm³/mol. The van der Waals surface area contributed by atoms with Gasteiger partial charge < -0.3 is 14.1 Å². The molecule has 102 valence electrons. The Morgan fingerprint density at radius 1 is 1.42 bits per heavy atom. The summed E-state index contributed by atoms with van der Waals surface area (Å²) in [6.07, 6.45) is 3.29. The average molecular weight is 264 g/mol. The van der Waals surface area contributed by atoms with E-state index >= 15 is 0 Å². The Hall–Kier alpha value is -2.35. The molecule has 0 saturated heterocycles. The number of hydrazine groups is 1. The number of hydrogen-bond donors (Lipinski definition) is 2. The van der Waals surface area contributed by atoms with Gasteiger partial charge in [-0.15, -0.1) is 0 Å². The molecule has 3 N–H and O–H groups in total. The van der Waals surface area contributed by atoms with Crippen LogP contribution in [0.2, 0.25) is 0 Å². The molecule has 8 heteroatoms. The molecule has 0 aliphatic heterocycles. The number of nitrogens with zero attached hydrogens (tertiary/aromatic N) is 4. The lowest BCUT2D eigenvalue weighted by molar-refractivity contribution is 0.312. The van der Waals surface area contributed by atoms with Crippen molar-refractivity contribution in [2.45, 2.75) is 13.5 Å². The van der Waals surface area contributed by atoms with Gasteiger partial charge in [-0.25, -0.2) is 5.84 Å². The van der Waals surface area contributed by atoms with Gasteiger partial charge in [0.15, 0.2) is 0 Å². The van der Waals surface area contributed by atoms with Gasteiger partial charge in [-0.3, -0.25) is 5.43 Å². The third kappa shape index (κ3) is 3.32. The fourth-order valence-corrected chi connectivity index (χ4v) is 1.50. The molecular formula is C11H16N6O2. The Morgan fingerprint density at radius 2 is 2.26 bits per heavy atom. The minimum absolute atomic E-state index is 0.236. The first-order chi connectivity index (χ1) is 9.22. The van der Waals surface area contributed by atoms with Gasteiger partial charge >= 0.3 is 6.01 Å². The number of nitrogens with two attached hydrogens (primary N) is 1. The van der Waals surface area contributed by atoms with Crippen LogP contribution >= 0.6 is 0 Å². The van der Waals surface area contributed by atoms with Gasteiger partial charge in [0.2, 0.25) is 11.9 Å². The van der Waals surface area contributed by atoms with E-state index in [-0.39, 0.29) is 12.0 Å². The molecule has 8 nitrogen and oxygen atoms in total. The van der Waals surface area contributed by atoms with E-state index in [0.717, 1.165) is 5.56 Å². The molecule has 0 saturated carbocycles. The molecule has 0 atom stereocenters. The first-order valence-electron chi connectivity index (χ1n) is 5.80. The van der Waals surface area contributed by atoms with Crippen molar-refractivity contribution in [3.05, 3.63) is 24.2 Å². The zero-order chi connectivity index (χ0) is 13.7. The van der Waals surface area contributed by atoms with Crippen molar-refractivity contribution in [3.8, 4) is 6.01 Å². The van der Waals surface area contributed by atoms with Crippen molar-refractivity contribution in [1.82, 2.24) is 15.0 Å². The monoisotopic (exact) mass is 264 g/mol. The van der Waals surface area contributed by atoms with Crippen LogP contribution in [0.3, 0.4) is 0 Å². The molecule has 2 rings (SSSR count). The lowest BCUT2D eigenvalue weighted by Gasteiger charge is -2.16. The summed E-state index contributed by atoms with van der Waals surface area (Å²) in [5.74, 6) is 6.05. The Labute approximate surface area is 110 Å². The summed E-state index contributed by atoms with van der Waals surface area (Å²) in [5.41, 5.74) is 3.41. The van der Waals surface area contributed by atoms with Crippen LogP contribution in [0.15, 0.2) is 23.0 Å². The van der Waals surface area contributed by atoms with Crippen LogP contribution in [0, 0.1) is 0 Å². The normalized spacial score (nSPS) is 10.3. The van der Waals surface area contributed by atoms with Crippen molar-refractivity contribution in [3.63, 3.8) is 0 Å². The number of rotatable bonds is 6. The number of anilines is 2. The van der Waals surface area contributed by atoms with Crippen LogP contribution in [-0.4, -0.2) is 28.6 Å². The number of aromatic nitrogens is 3. The highest BCUT2D eigenvalue weighted by Gasteiger charge is 2.11. The summed E-state index contributed by atoms with van der Waals surface area (Å²) in [4.78, 5) is 14.2. The van der Waals surface area contributed by atoms with Crippen molar-refractivity contribution in [2.75, 3.05) is 24.0 Å². The van der Waals surface area contributed by atoms with Gasteiger partial charge in [0.05, 0.1) is 19.1 Å². The standard InChI is InChI=1S/C11H16N6O2/c1-3-19-11-14-9(16-12)13-10(15-11)17(2)6-8-4-5-18-7-8/h4-5,7H,3,6,12H2,1-2H3,(H,13,14,15,16). The van der Waals surface area contributed by atoms with E-state index in [1.165, 1.54) is 0 Å². The Kier molecular flexibility index (Phi) is 4.14. The summed E-state index contributed by atoms with van der Waals surface area (Å²) >= 11 is 0. The van der Waals surface area contributed by atoms with E-state index in [1.54, 1.807) is 12.5 Å². The highest BCUT2D eigenvalue weighted by Crippen LogP contribution is 2.15. The first-order valence-corrected chi connectivity index (χ1v) is 5.80. The Bertz CT molecular complexity index is 516. The molecular weight excluding hydrogens is 248 g/mol. The maximum Gasteiger partial charge on any atom is 0.323 e. The van der Waals surface area contributed by atoms with E-state index in [0.29, 0.717) is 19.1 Å². The molecule has 0 bridgehead atoms. The fraction of sp³-hybridized carbons (Fsp3) is 0.364. The van der Waals surface area contributed by atoms with Crippen molar-refractivity contribution < 1.29 is 9.15 Å². The SMILES string of the molecule is CCOc1nc(NN)nc(N(C)Cc2ccoc2)n1. The third-order valence-electron chi connectivity index (χ3n) is 2.35. The molecule has 0 aliphatic carbocycles. The fourth-order valence-electron chi connectivity index (χ4n) is 1.50. The number of furan rings is 1. The van der Waals surface area contributed by atoms with E-state index in [9.17, 15) is 0 Å². The highest BCUT2D eigenvalue weighted by atomic mass is 16.5. The van der Waals surface area contributed by atoms with Crippen LogP contribution in [0.1, 0.15) is 12.5 Å². The molecule has 0 amide bonds. The third-order valence-corrected chi connectivity index (χ3v) is 2.35. The number of ether oxygens (including phenoxy) is 1. The van der Waals surface area contributed by atoms with Crippen LogP contribution in [0.4, 0.5) is 11.9 Å². The summed E-state index contributed by atoms with van der Waals surface area (Å²) in [5, 5.41) is 0. The zero-order valence-corrected chi connectivity index (χ0v) is 10.8. The maximum atomic E-state index is 5.33. The average Bonchev–Trinajstić information content (AvgIpc) is 2.91. The minimum atomic E-state index is 0.236. The van der Waals surface area contributed by atoms with Crippen LogP contribution in [0.5, 0.6) is 6.01 Å². The molecule has 0 aliphatic rings. The van der Waals surface area contributed by atoms with Gasteiger partial charge in [0.25, 0.3) is 0 Å². The molecule has 0 spiro atoms. The molecule has 2 aromatic heterocycles. The van der Waals surface area contributed by atoms with E-state index in [2.05, 4.69) is 20.4 Å². The van der Waals surface area contributed by atoms with Crippen molar-refractivity contribution in [1.29, 1.82) is 0 Å². The van der Waals surface area contributed by atoms with Crippen LogP contribution < -0.4 is 20.9 Å². The molecule has 0 unspecified atom stereocenters. The molecule has 2 aromatic rings. The second-order valence-corrected chi connectivity index (χ2v) is 3.81. The zero-order valence-electron chi connectivity index (χ0n) is 10.8. The Morgan fingerprint density at radius 3 is 2.89 bits per heavy atom. The quantitative estimate of drug-likeness (QED) is 0.583. The summed E-state index contributed by atoms with van der Waals surface area (Å²) < 4.78 is 10.3. The van der Waals surface area contributed by atoms with E-state index in [4.69, 9.17) is 15.0 Å². The summed E-state index contributed by atoms with van der Waals surface area (Å²) in [6.45, 7) is 2.93. The number of hydrogen-bond acceptors (Lipinski definition) is 8. The molecule has 0 aromatic carbocycles. The van der Waals surface area contributed by atoms with Gasteiger partial charge in [0.1, 0.15) is 0 Å². The largest absolute Gasteiger partial charge is 0.472 e. The van der Waals surface area contributed by atoms with Gasteiger partial charge in [-0.05, 0) is 13.0 Å². The number of nitrogen functional groups attached to an aromatic ring is 1. The second-order valence-electron chi connectivity index (χ2n) is 3.81. The van der Waals surface area contributed by atoms with Gasteiger partial charge in [-0.1, -0.05) is 0 Å². The first kappa shape index (κ1) is 13.1. The summed E-state index contributed by atoms with van der Waals surface area (Å²) in [6, 6.07) is 2.11. The summed E-state index contributed by atoms with van der Waals surface area (Å²) in [7, 11) is 1.86. The predicted octanol–water partition coefficient (Wildman–Crippen LogP) is 0.785. The molecule has 2 heterocycles. The maximum absolute atomic E-state index is 5.33. The molecule has 19 heavy (non-hydrogen) atoms. The lowest BCUT2D eigenvalue weighted by atomic mass is 10.3. The minimum Gasteiger partial charge on any atom is -0.472 e. The van der Waals surface area contributed by atoms with Gasteiger partial charge in [-0.2, -0.15) is 15.0 Å².